The first kappa shape index (κ1) is 19.3. The lowest BCUT2D eigenvalue weighted by Crippen LogP contribution is -2.00. The minimum Gasteiger partial charge on any atom is -0.463 e. The van der Waals surface area contributed by atoms with Gasteiger partial charge in [0.2, 0.25) is 0 Å². The van der Waals surface area contributed by atoms with Gasteiger partial charge in [0, 0.05) is 34.5 Å². The van der Waals surface area contributed by atoms with Gasteiger partial charge in [-0.15, -0.1) is 0 Å². The number of aryl methyl sites for hydroxylation is 1. The summed E-state index contributed by atoms with van der Waals surface area (Å²) in [5.41, 5.74) is 4.64. The molecule has 0 bridgehead atoms. The zero-order valence-electron chi connectivity index (χ0n) is 16.7. The number of hydrogen-bond acceptors (Lipinski definition) is 6. The Hall–Kier alpha value is -4.00. The van der Waals surface area contributed by atoms with Crippen molar-refractivity contribution in [3.05, 3.63) is 72.1 Å². The van der Waals surface area contributed by atoms with Crippen molar-refractivity contribution in [1.82, 2.24) is 20.2 Å². The van der Waals surface area contributed by atoms with Gasteiger partial charge in [-0.25, -0.2) is 14.8 Å². The van der Waals surface area contributed by atoms with Gasteiger partial charge in [-0.3, -0.25) is 5.10 Å². The highest BCUT2D eigenvalue weighted by Crippen LogP contribution is 2.24. The highest BCUT2D eigenvalue weighted by Gasteiger charge is 2.08. The third-order valence-electron chi connectivity index (χ3n) is 4.54. The number of H-pyrrole nitrogens is 1. The molecule has 2 heterocycles. The molecule has 0 aliphatic heterocycles. The third-order valence-corrected chi connectivity index (χ3v) is 4.54. The second kappa shape index (κ2) is 8.57. The van der Waals surface area contributed by atoms with Crippen molar-refractivity contribution in [3.8, 4) is 11.4 Å². The van der Waals surface area contributed by atoms with Gasteiger partial charge in [0.05, 0.1) is 18.3 Å². The van der Waals surface area contributed by atoms with Crippen LogP contribution in [0, 0.1) is 6.92 Å². The zero-order chi connectivity index (χ0) is 20.9. The Bertz CT molecular complexity index is 1210. The van der Waals surface area contributed by atoms with Gasteiger partial charge in [-0.2, -0.15) is 5.10 Å². The van der Waals surface area contributed by atoms with Crippen molar-refractivity contribution in [1.29, 1.82) is 0 Å². The maximum Gasteiger partial charge on any atom is 0.330 e. The summed E-state index contributed by atoms with van der Waals surface area (Å²) in [4.78, 5) is 20.6. The summed E-state index contributed by atoms with van der Waals surface area (Å²) in [5.74, 6) is 1.01. The van der Waals surface area contributed by atoms with Crippen LogP contribution in [0.2, 0.25) is 0 Å². The molecule has 7 heteroatoms. The summed E-state index contributed by atoms with van der Waals surface area (Å²) in [6.45, 7) is 4.10. The van der Waals surface area contributed by atoms with Gasteiger partial charge < -0.3 is 10.1 Å². The highest BCUT2D eigenvalue weighted by molar-refractivity contribution is 5.87. The predicted octanol–water partition coefficient (Wildman–Crippen LogP) is 4.65. The summed E-state index contributed by atoms with van der Waals surface area (Å²) < 4.78 is 4.89. The number of rotatable bonds is 6. The van der Waals surface area contributed by atoms with E-state index in [4.69, 9.17) is 9.72 Å². The number of hydrogen-bond donors (Lipinski definition) is 2. The number of ether oxygens (including phenoxy) is 1. The van der Waals surface area contributed by atoms with E-state index in [1.165, 1.54) is 6.08 Å². The minimum absolute atomic E-state index is 0.354. The largest absolute Gasteiger partial charge is 0.463 e. The summed E-state index contributed by atoms with van der Waals surface area (Å²) in [5, 5.41) is 11.4. The van der Waals surface area contributed by atoms with Gasteiger partial charge in [-0.05, 0) is 43.7 Å². The van der Waals surface area contributed by atoms with Gasteiger partial charge >= 0.3 is 5.97 Å². The van der Waals surface area contributed by atoms with Crippen LogP contribution in [0.1, 0.15) is 18.1 Å². The summed E-state index contributed by atoms with van der Waals surface area (Å²) >= 11 is 0. The van der Waals surface area contributed by atoms with Crippen molar-refractivity contribution in [2.75, 3.05) is 11.9 Å². The summed E-state index contributed by atoms with van der Waals surface area (Å²) in [6, 6.07) is 13.7. The molecule has 150 valence electrons. The molecule has 2 N–H and O–H groups in total. The number of carbonyl (C=O) groups is 1. The number of fused-ring (bicyclic) bond motifs is 1. The molecule has 4 aromatic rings. The number of aromatic amines is 1. The van der Waals surface area contributed by atoms with Crippen molar-refractivity contribution in [3.63, 3.8) is 0 Å². The number of esters is 1. The van der Waals surface area contributed by atoms with E-state index < -0.39 is 0 Å². The molecule has 2 aromatic carbocycles. The molecule has 4 rings (SSSR count). The minimum atomic E-state index is -0.354. The monoisotopic (exact) mass is 399 g/mol. The van der Waals surface area contributed by atoms with Gasteiger partial charge in [0.25, 0.3) is 0 Å². The van der Waals surface area contributed by atoms with E-state index in [2.05, 4.69) is 20.5 Å². The molecule has 0 spiro atoms. The molecule has 30 heavy (non-hydrogen) atoms. The number of nitrogens with zero attached hydrogens (tertiary/aromatic N) is 3. The van der Waals surface area contributed by atoms with Crippen LogP contribution in [0.15, 0.2) is 60.9 Å². The first-order valence-electron chi connectivity index (χ1n) is 9.61. The molecular weight excluding hydrogens is 378 g/mol. The quantitative estimate of drug-likeness (QED) is 0.362. The molecular formula is C23H21N5O2. The maximum absolute atomic E-state index is 11.4. The molecule has 2 aromatic heterocycles. The van der Waals surface area contributed by atoms with E-state index in [1.54, 1.807) is 25.4 Å². The lowest BCUT2D eigenvalue weighted by atomic mass is 10.1. The van der Waals surface area contributed by atoms with E-state index in [1.807, 2.05) is 49.4 Å². The van der Waals surface area contributed by atoms with Crippen molar-refractivity contribution in [2.45, 2.75) is 13.8 Å². The number of anilines is 2. The molecule has 7 nitrogen and oxygen atoms in total. The van der Waals surface area contributed by atoms with Crippen LogP contribution >= 0.6 is 0 Å². The van der Waals surface area contributed by atoms with Crippen molar-refractivity contribution >= 4 is 34.5 Å². The van der Waals surface area contributed by atoms with Crippen LogP contribution in [-0.4, -0.2) is 32.7 Å². The number of carbonyl (C=O) groups excluding carboxylic acids is 1. The maximum atomic E-state index is 11.4. The SMILES string of the molecule is CCOC(=O)C=Cc1ccc(-c2ncc(C)c(Nc3ccc4[nH]ncc4c3)n2)cc1. The molecule has 0 saturated carbocycles. The van der Waals surface area contributed by atoms with Gasteiger partial charge in [0.15, 0.2) is 5.82 Å². The van der Waals surface area contributed by atoms with Crippen LogP contribution in [0.25, 0.3) is 28.4 Å². The van der Waals surface area contributed by atoms with E-state index >= 15 is 0 Å². The fourth-order valence-corrected chi connectivity index (χ4v) is 2.96. The number of benzene rings is 2. The van der Waals surface area contributed by atoms with Crippen LogP contribution in [0.3, 0.4) is 0 Å². The van der Waals surface area contributed by atoms with E-state index in [0.717, 1.165) is 39.1 Å². The Morgan fingerprint density at radius 1 is 1.17 bits per heavy atom. The second-order valence-electron chi connectivity index (χ2n) is 6.73. The number of aromatic nitrogens is 4. The fourth-order valence-electron chi connectivity index (χ4n) is 2.96. The van der Waals surface area contributed by atoms with E-state index in [9.17, 15) is 4.79 Å². The normalized spacial score (nSPS) is 11.1. The topological polar surface area (TPSA) is 92.8 Å². The van der Waals surface area contributed by atoms with Crippen LogP contribution < -0.4 is 5.32 Å². The molecule has 0 saturated heterocycles. The molecule has 0 aliphatic rings. The average molecular weight is 399 g/mol. The molecule has 0 aliphatic carbocycles. The van der Waals surface area contributed by atoms with E-state index in [0.29, 0.717) is 12.4 Å². The molecule has 0 fully saturated rings. The second-order valence-corrected chi connectivity index (χ2v) is 6.73. The Morgan fingerprint density at radius 3 is 2.80 bits per heavy atom. The summed E-state index contributed by atoms with van der Waals surface area (Å²) in [7, 11) is 0. The van der Waals surface area contributed by atoms with Crippen LogP contribution in [-0.2, 0) is 9.53 Å². The lowest BCUT2D eigenvalue weighted by molar-refractivity contribution is -0.137. The van der Waals surface area contributed by atoms with E-state index in [-0.39, 0.29) is 5.97 Å². The smallest absolute Gasteiger partial charge is 0.330 e. The average Bonchev–Trinajstić information content (AvgIpc) is 3.22. The van der Waals surface area contributed by atoms with Crippen molar-refractivity contribution < 1.29 is 9.53 Å². The lowest BCUT2D eigenvalue weighted by Gasteiger charge is -2.10. The molecule has 0 amide bonds. The first-order valence-corrected chi connectivity index (χ1v) is 9.61. The summed E-state index contributed by atoms with van der Waals surface area (Å²) in [6.07, 6.45) is 6.73. The standard InChI is InChI=1S/C23H21N5O2/c1-3-30-21(29)11-6-16-4-7-17(8-5-16)23-24-13-15(2)22(27-23)26-19-9-10-20-18(12-19)14-25-28-20/h4-14H,3H2,1-2H3,(H,25,28)(H,24,26,27). The van der Waals surface area contributed by atoms with Crippen LogP contribution in [0.4, 0.5) is 11.5 Å². The fraction of sp³-hybridized carbons (Fsp3) is 0.130. The highest BCUT2D eigenvalue weighted by atomic mass is 16.5. The first-order chi connectivity index (χ1) is 14.6. The zero-order valence-corrected chi connectivity index (χ0v) is 16.7. The van der Waals surface area contributed by atoms with Crippen molar-refractivity contribution in [2.24, 2.45) is 0 Å². The Balaban J connectivity index is 1.54. The van der Waals surface area contributed by atoms with Gasteiger partial charge in [-0.1, -0.05) is 24.3 Å². The Kier molecular flexibility index (Phi) is 5.52. The van der Waals surface area contributed by atoms with Crippen LogP contribution in [0.5, 0.6) is 0 Å². The molecule has 0 atom stereocenters. The molecule has 0 radical (unpaired) electrons. The third kappa shape index (κ3) is 4.35. The number of nitrogens with one attached hydrogen (secondary N) is 2. The predicted molar refractivity (Wildman–Crippen MR) is 117 cm³/mol. The molecule has 0 unspecified atom stereocenters. The van der Waals surface area contributed by atoms with Gasteiger partial charge in [0.1, 0.15) is 5.82 Å². The Labute approximate surface area is 173 Å². The Morgan fingerprint density at radius 2 is 2.00 bits per heavy atom.